The summed E-state index contributed by atoms with van der Waals surface area (Å²) in [7, 11) is 0. The van der Waals surface area contributed by atoms with E-state index in [1.54, 1.807) is 19.9 Å². The average Bonchev–Trinajstić information content (AvgIpc) is 2.92. The summed E-state index contributed by atoms with van der Waals surface area (Å²) in [6, 6.07) is 0. The summed E-state index contributed by atoms with van der Waals surface area (Å²) in [6.07, 6.45) is 1.68. The van der Waals surface area contributed by atoms with E-state index in [1.165, 1.54) is 0 Å². The fourth-order valence-corrected chi connectivity index (χ4v) is 2.84. The highest BCUT2D eigenvalue weighted by atomic mass is 32.1. The molecule has 0 fully saturated rings. The van der Waals surface area contributed by atoms with Crippen LogP contribution in [-0.2, 0) is 19.2 Å². The van der Waals surface area contributed by atoms with E-state index in [2.05, 4.69) is 4.37 Å². The first kappa shape index (κ1) is 16.0. The van der Waals surface area contributed by atoms with Crippen molar-refractivity contribution in [3.05, 3.63) is 9.75 Å². The van der Waals surface area contributed by atoms with E-state index in [0.29, 0.717) is 4.53 Å². The number of ketones is 3. The van der Waals surface area contributed by atoms with Crippen LogP contribution < -0.4 is 15.5 Å². The second-order valence-corrected chi connectivity index (χ2v) is 5.46. The van der Waals surface area contributed by atoms with Crippen molar-refractivity contribution in [2.75, 3.05) is 12.3 Å². The van der Waals surface area contributed by atoms with E-state index in [4.69, 9.17) is 5.73 Å². The van der Waals surface area contributed by atoms with Crippen LogP contribution in [0.25, 0.3) is 11.8 Å². The van der Waals surface area contributed by atoms with Crippen LogP contribution in [0, 0.1) is 0 Å². The second kappa shape index (κ2) is 6.18. The molecule has 22 heavy (non-hydrogen) atoms. The van der Waals surface area contributed by atoms with Gasteiger partial charge in [0.05, 0.1) is 9.75 Å². The van der Waals surface area contributed by atoms with Crippen LogP contribution in [-0.4, -0.2) is 39.1 Å². The Labute approximate surface area is 130 Å². The summed E-state index contributed by atoms with van der Waals surface area (Å²) >= 11 is 1.08. The number of Topliss-reactive ketones (excluding diaryl/α,β-unsaturated/α-hetero) is 3. The van der Waals surface area contributed by atoms with Crippen LogP contribution >= 0.6 is 11.5 Å². The van der Waals surface area contributed by atoms with Crippen LogP contribution in [0.4, 0.5) is 5.82 Å². The van der Waals surface area contributed by atoms with Gasteiger partial charge in [0.2, 0.25) is 17.3 Å². The Kier molecular flexibility index (Phi) is 4.51. The highest BCUT2D eigenvalue weighted by Gasteiger charge is 2.33. The van der Waals surface area contributed by atoms with Crippen molar-refractivity contribution in [1.82, 2.24) is 9.27 Å². The van der Waals surface area contributed by atoms with Gasteiger partial charge in [0.1, 0.15) is 11.5 Å². The molecule has 0 radical (unpaired) electrons. The molecular weight excluding hydrogens is 306 g/mol. The Morgan fingerprint density at radius 1 is 1.23 bits per heavy atom. The number of fused-ring (bicyclic) bond motifs is 1. The van der Waals surface area contributed by atoms with Gasteiger partial charge in [-0.2, -0.15) is 4.37 Å². The van der Waals surface area contributed by atoms with Gasteiger partial charge in [-0.15, -0.1) is 0 Å². The molecule has 0 aromatic carbocycles. The summed E-state index contributed by atoms with van der Waals surface area (Å²) < 4.78 is 4.58. The summed E-state index contributed by atoms with van der Waals surface area (Å²) in [5, 5.41) is 0.264. The lowest BCUT2D eigenvalue weighted by Crippen LogP contribution is -2.47. The zero-order valence-electron chi connectivity index (χ0n) is 12.2. The molecule has 8 heteroatoms. The first-order chi connectivity index (χ1) is 10.4. The number of hydrogen-bond acceptors (Lipinski definition) is 7. The predicted octanol–water partition coefficient (Wildman–Crippen LogP) is -1.02. The van der Waals surface area contributed by atoms with Gasteiger partial charge in [0.25, 0.3) is 5.91 Å². The van der Waals surface area contributed by atoms with Crippen LogP contribution in [0.5, 0.6) is 0 Å². The SMILES string of the molecule is CCC(=O)C(=O)C1=c2c(N)nsc2=CCN1C(=O)C(=O)CC. The molecular formula is C14H15N3O4S. The smallest absolute Gasteiger partial charge is 0.294 e. The normalized spacial score (nSPS) is 13.4. The van der Waals surface area contributed by atoms with Crippen LogP contribution in [0.2, 0.25) is 0 Å². The fourth-order valence-electron chi connectivity index (χ4n) is 2.11. The number of rotatable bonds is 5. The van der Waals surface area contributed by atoms with Crippen molar-refractivity contribution >= 4 is 52.4 Å². The van der Waals surface area contributed by atoms with E-state index in [0.717, 1.165) is 16.4 Å². The molecule has 0 unspecified atom stereocenters. The number of nitrogens with two attached hydrogens (primary N) is 1. The number of hydrogen-bond donors (Lipinski definition) is 1. The maximum Gasteiger partial charge on any atom is 0.294 e. The predicted molar refractivity (Wildman–Crippen MR) is 81.0 cm³/mol. The Morgan fingerprint density at radius 3 is 2.45 bits per heavy atom. The summed E-state index contributed by atoms with van der Waals surface area (Å²) in [4.78, 5) is 49.1. The Bertz CT molecular complexity index is 794. The van der Waals surface area contributed by atoms with E-state index in [1.807, 2.05) is 0 Å². The molecule has 0 bridgehead atoms. The van der Waals surface area contributed by atoms with Gasteiger partial charge in [-0.05, 0) is 17.6 Å². The molecule has 1 aromatic heterocycles. The Hall–Kier alpha value is -2.35. The molecule has 1 amide bonds. The number of carbonyl (C=O) groups is 4. The van der Waals surface area contributed by atoms with Gasteiger partial charge in [0.15, 0.2) is 0 Å². The monoisotopic (exact) mass is 321 g/mol. The minimum atomic E-state index is -0.819. The molecule has 0 saturated heterocycles. The Balaban J connectivity index is 2.69. The van der Waals surface area contributed by atoms with Crippen molar-refractivity contribution in [2.24, 2.45) is 0 Å². The van der Waals surface area contributed by atoms with Gasteiger partial charge in [-0.1, -0.05) is 13.8 Å². The summed E-state index contributed by atoms with van der Waals surface area (Å²) in [6.45, 7) is 3.14. The topological polar surface area (TPSA) is 110 Å². The zero-order chi connectivity index (χ0) is 16.4. The second-order valence-electron chi connectivity index (χ2n) is 4.66. The van der Waals surface area contributed by atoms with Crippen LogP contribution in [0.3, 0.4) is 0 Å². The van der Waals surface area contributed by atoms with Crippen molar-refractivity contribution in [3.8, 4) is 0 Å². The lowest BCUT2D eigenvalue weighted by atomic mass is 10.1. The maximum absolute atomic E-state index is 12.4. The quantitative estimate of drug-likeness (QED) is 0.695. The third-order valence-electron chi connectivity index (χ3n) is 3.31. The van der Waals surface area contributed by atoms with Crippen molar-refractivity contribution in [1.29, 1.82) is 0 Å². The lowest BCUT2D eigenvalue weighted by molar-refractivity contribution is -0.143. The average molecular weight is 321 g/mol. The minimum Gasteiger partial charge on any atom is -0.382 e. The highest BCUT2D eigenvalue weighted by Crippen LogP contribution is 2.13. The number of anilines is 1. The maximum atomic E-state index is 12.4. The molecule has 116 valence electrons. The molecule has 1 aliphatic heterocycles. The molecule has 2 N–H and O–H groups in total. The van der Waals surface area contributed by atoms with E-state index in [-0.39, 0.29) is 36.1 Å². The third-order valence-corrected chi connectivity index (χ3v) is 4.16. The largest absolute Gasteiger partial charge is 0.382 e. The van der Waals surface area contributed by atoms with E-state index in [9.17, 15) is 19.2 Å². The molecule has 0 aliphatic carbocycles. The Morgan fingerprint density at radius 2 is 1.86 bits per heavy atom. The molecule has 7 nitrogen and oxygen atoms in total. The molecule has 0 saturated carbocycles. The summed E-state index contributed by atoms with van der Waals surface area (Å²) in [5.74, 6) is -2.84. The molecule has 2 heterocycles. The molecule has 1 aliphatic rings. The molecule has 1 aromatic rings. The van der Waals surface area contributed by atoms with Gasteiger partial charge < -0.3 is 5.73 Å². The number of nitrogens with zero attached hydrogens (tertiary/aromatic N) is 2. The zero-order valence-corrected chi connectivity index (χ0v) is 13.0. The van der Waals surface area contributed by atoms with Gasteiger partial charge >= 0.3 is 0 Å². The van der Waals surface area contributed by atoms with Crippen molar-refractivity contribution in [2.45, 2.75) is 26.7 Å². The molecule has 0 spiro atoms. The number of aromatic nitrogens is 1. The molecule has 0 atom stereocenters. The van der Waals surface area contributed by atoms with E-state index >= 15 is 0 Å². The first-order valence-electron chi connectivity index (χ1n) is 6.80. The van der Waals surface area contributed by atoms with Gasteiger partial charge in [0, 0.05) is 19.4 Å². The number of nitrogen functional groups attached to an aromatic ring is 1. The van der Waals surface area contributed by atoms with E-state index < -0.39 is 23.3 Å². The first-order valence-corrected chi connectivity index (χ1v) is 7.57. The highest BCUT2D eigenvalue weighted by molar-refractivity contribution is 7.03. The molecule has 2 rings (SSSR count). The van der Waals surface area contributed by atoms with Crippen molar-refractivity contribution < 1.29 is 19.2 Å². The number of amides is 1. The van der Waals surface area contributed by atoms with Crippen LogP contribution in [0.1, 0.15) is 26.7 Å². The van der Waals surface area contributed by atoms with Crippen LogP contribution in [0.15, 0.2) is 0 Å². The lowest BCUT2D eigenvalue weighted by Gasteiger charge is -2.24. The van der Waals surface area contributed by atoms with Gasteiger partial charge in [-0.25, -0.2) is 0 Å². The third kappa shape index (κ3) is 2.57. The van der Waals surface area contributed by atoms with Crippen molar-refractivity contribution in [3.63, 3.8) is 0 Å². The number of carbonyl (C=O) groups excluding carboxylic acids is 4. The fraction of sp³-hybridized carbons (Fsp3) is 0.357. The van der Waals surface area contributed by atoms with Gasteiger partial charge in [-0.3, -0.25) is 24.1 Å². The standard InChI is InChI=1S/C14H15N3O4S/c1-3-7(18)12(20)11-10-9(22-16-13(10)15)5-6-17(11)14(21)8(19)4-2/h5H,3-4,6H2,1-2H3,(H2,15,16). The summed E-state index contributed by atoms with van der Waals surface area (Å²) in [5.41, 5.74) is 5.64. The minimum absolute atomic E-state index is 0.00259.